The van der Waals surface area contributed by atoms with Gasteiger partial charge in [0, 0.05) is 39.2 Å². The fourth-order valence-corrected chi connectivity index (χ4v) is 6.91. The van der Waals surface area contributed by atoms with E-state index >= 15 is 0 Å². The van der Waals surface area contributed by atoms with Crippen molar-refractivity contribution in [1.29, 1.82) is 0 Å². The molecular weight excluding hydrogens is 619 g/mol. The second-order valence-corrected chi connectivity index (χ2v) is 12.5. The van der Waals surface area contributed by atoms with Gasteiger partial charge in [0.15, 0.2) is 0 Å². The summed E-state index contributed by atoms with van der Waals surface area (Å²) < 4.78 is 0. The number of nitrogen functional groups attached to an aromatic ring is 1. The molecule has 8 rings (SSSR count). The number of nitrogens with zero attached hydrogens (tertiary/aromatic N) is 2. The summed E-state index contributed by atoms with van der Waals surface area (Å²) in [6.07, 6.45) is 9.04. The Morgan fingerprint density at radius 1 is 0.451 bits per heavy atom. The number of fused-ring (bicyclic) bond motifs is 5. The Kier molecular flexibility index (Phi) is 10.9. The first-order valence-corrected chi connectivity index (χ1v) is 18.4. The quantitative estimate of drug-likeness (QED) is 0.141. The average Bonchev–Trinajstić information content (AvgIpc) is 3.19. The van der Waals surface area contributed by atoms with Crippen molar-refractivity contribution in [3.63, 3.8) is 0 Å². The SMILES string of the molecule is CC.CC.Cc1ccc(N(C2=CCCC=C2)c2cc3c4ccccc4c(N(c4ccc(C)cc4)c4ccc(N)cc4)cc3c3ccccc23)cc1. The van der Waals surface area contributed by atoms with Crippen LogP contribution in [-0.4, -0.2) is 0 Å². The number of hydrogen-bond donors (Lipinski definition) is 1. The van der Waals surface area contributed by atoms with Crippen molar-refractivity contribution >= 4 is 66.4 Å². The van der Waals surface area contributed by atoms with Gasteiger partial charge in [-0.05, 0) is 115 Å². The van der Waals surface area contributed by atoms with E-state index in [1.165, 1.54) is 54.8 Å². The van der Waals surface area contributed by atoms with Gasteiger partial charge in [-0.2, -0.15) is 0 Å². The molecule has 1 aliphatic rings. The molecule has 51 heavy (non-hydrogen) atoms. The van der Waals surface area contributed by atoms with Crippen molar-refractivity contribution in [3.05, 3.63) is 169 Å². The van der Waals surface area contributed by atoms with Crippen LogP contribution in [0.1, 0.15) is 51.7 Å². The molecule has 0 unspecified atom stereocenters. The second-order valence-electron chi connectivity index (χ2n) is 12.5. The van der Waals surface area contributed by atoms with Gasteiger partial charge in [-0.15, -0.1) is 0 Å². The van der Waals surface area contributed by atoms with Gasteiger partial charge < -0.3 is 15.5 Å². The molecule has 0 saturated heterocycles. The summed E-state index contributed by atoms with van der Waals surface area (Å²) in [6, 6.07) is 48.3. The summed E-state index contributed by atoms with van der Waals surface area (Å²) in [4.78, 5) is 4.80. The lowest BCUT2D eigenvalue weighted by atomic mass is 9.93. The number of benzene rings is 7. The van der Waals surface area contributed by atoms with Crippen LogP contribution >= 0.6 is 0 Å². The molecule has 0 heterocycles. The lowest BCUT2D eigenvalue weighted by Gasteiger charge is -2.31. The van der Waals surface area contributed by atoms with E-state index < -0.39 is 0 Å². The highest BCUT2D eigenvalue weighted by atomic mass is 15.2. The summed E-state index contributed by atoms with van der Waals surface area (Å²) >= 11 is 0. The average molecular weight is 668 g/mol. The van der Waals surface area contributed by atoms with Crippen molar-refractivity contribution in [2.24, 2.45) is 0 Å². The third-order valence-electron chi connectivity index (χ3n) is 9.29. The van der Waals surface area contributed by atoms with Crippen LogP contribution in [0.15, 0.2) is 157 Å². The van der Waals surface area contributed by atoms with Crippen LogP contribution in [0.5, 0.6) is 0 Å². The highest BCUT2D eigenvalue weighted by Gasteiger charge is 2.22. The van der Waals surface area contributed by atoms with Crippen LogP contribution in [0.2, 0.25) is 0 Å². The largest absolute Gasteiger partial charge is 0.399 e. The topological polar surface area (TPSA) is 32.5 Å². The molecule has 0 amide bonds. The van der Waals surface area contributed by atoms with Gasteiger partial charge in [0.05, 0.1) is 11.4 Å². The van der Waals surface area contributed by atoms with Crippen LogP contribution in [-0.2, 0) is 0 Å². The molecule has 0 bridgehead atoms. The maximum absolute atomic E-state index is 6.16. The zero-order valence-electron chi connectivity index (χ0n) is 30.8. The Balaban J connectivity index is 0.00000108. The zero-order valence-corrected chi connectivity index (χ0v) is 30.8. The van der Waals surface area contributed by atoms with Gasteiger partial charge in [0.25, 0.3) is 0 Å². The Morgan fingerprint density at radius 3 is 1.31 bits per heavy atom. The summed E-state index contributed by atoms with van der Waals surface area (Å²) in [6.45, 7) is 12.3. The van der Waals surface area contributed by atoms with Gasteiger partial charge >= 0.3 is 0 Å². The van der Waals surface area contributed by atoms with Crippen LogP contribution in [0.25, 0.3) is 32.3 Å². The van der Waals surface area contributed by atoms with Gasteiger partial charge in [0.2, 0.25) is 0 Å². The van der Waals surface area contributed by atoms with Gasteiger partial charge in [0.1, 0.15) is 0 Å². The van der Waals surface area contributed by atoms with Crippen molar-refractivity contribution < 1.29 is 0 Å². The first kappa shape index (κ1) is 35.0. The molecule has 0 aliphatic heterocycles. The van der Waals surface area contributed by atoms with Gasteiger partial charge in [-0.25, -0.2) is 0 Å². The summed E-state index contributed by atoms with van der Waals surface area (Å²) in [5.41, 5.74) is 16.2. The third-order valence-corrected chi connectivity index (χ3v) is 9.29. The molecule has 0 aromatic heterocycles. The zero-order chi connectivity index (χ0) is 35.9. The van der Waals surface area contributed by atoms with Crippen LogP contribution in [0.3, 0.4) is 0 Å². The molecule has 0 atom stereocenters. The molecule has 3 nitrogen and oxygen atoms in total. The van der Waals surface area contributed by atoms with E-state index in [-0.39, 0.29) is 0 Å². The fraction of sp³-hybridized carbons (Fsp3) is 0.167. The predicted molar refractivity (Wildman–Crippen MR) is 225 cm³/mol. The van der Waals surface area contributed by atoms with Gasteiger partial charge in [-0.3, -0.25) is 0 Å². The number of nitrogens with two attached hydrogens (primary N) is 1. The molecule has 1 aliphatic carbocycles. The highest BCUT2D eigenvalue weighted by molar-refractivity contribution is 6.24. The Hall–Kier alpha value is -5.80. The van der Waals surface area contributed by atoms with Crippen molar-refractivity contribution in [1.82, 2.24) is 0 Å². The van der Waals surface area contributed by atoms with E-state index in [4.69, 9.17) is 5.73 Å². The van der Waals surface area contributed by atoms with E-state index in [1.807, 2.05) is 39.8 Å². The molecular formula is C48H49N3. The third kappa shape index (κ3) is 6.98. The van der Waals surface area contributed by atoms with E-state index in [1.54, 1.807) is 0 Å². The predicted octanol–water partition coefficient (Wildman–Crippen LogP) is 14.2. The van der Waals surface area contributed by atoms with Crippen LogP contribution < -0.4 is 15.5 Å². The molecule has 0 spiro atoms. The van der Waals surface area contributed by atoms with E-state index in [0.717, 1.165) is 41.3 Å². The fourth-order valence-electron chi connectivity index (χ4n) is 6.91. The maximum Gasteiger partial charge on any atom is 0.0546 e. The molecule has 0 saturated carbocycles. The monoisotopic (exact) mass is 667 g/mol. The lowest BCUT2D eigenvalue weighted by molar-refractivity contribution is 0.998. The molecule has 7 aromatic carbocycles. The normalized spacial score (nSPS) is 12.1. The standard InChI is InChI=1S/C44H37N3.2C2H6/c1-30-16-22-34(23-17-30)46(33-10-4-3-5-11-33)43-28-41-38-13-7-9-15-40(38)44(29-42(41)37-12-6-8-14-39(37)43)47(35-24-18-31(2)19-25-35)36-26-20-32(45)21-27-36;2*1-2/h4,6-29H,3,5,45H2,1-2H3;2*1-2H3. The molecule has 0 fully saturated rings. The molecule has 3 heteroatoms. The van der Waals surface area contributed by atoms with Crippen LogP contribution in [0.4, 0.5) is 34.1 Å². The first-order chi connectivity index (χ1) is 25.0. The van der Waals surface area contributed by atoms with E-state index in [9.17, 15) is 0 Å². The number of aryl methyl sites for hydroxylation is 2. The smallest absolute Gasteiger partial charge is 0.0546 e. The summed E-state index contributed by atoms with van der Waals surface area (Å²) in [5, 5.41) is 7.31. The minimum absolute atomic E-state index is 0.751. The Labute approximate surface area is 304 Å². The number of anilines is 6. The Bertz CT molecular complexity index is 2270. The number of hydrogen-bond acceptors (Lipinski definition) is 3. The van der Waals surface area contributed by atoms with Crippen molar-refractivity contribution in [2.45, 2.75) is 54.4 Å². The highest BCUT2D eigenvalue weighted by Crippen LogP contribution is 2.47. The minimum atomic E-state index is 0.751. The molecule has 0 radical (unpaired) electrons. The van der Waals surface area contributed by atoms with E-state index in [2.05, 4.69) is 163 Å². The minimum Gasteiger partial charge on any atom is -0.399 e. The molecule has 7 aromatic rings. The van der Waals surface area contributed by atoms with Crippen LogP contribution in [0, 0.1) is 13.8 Å². The van der Waals surface area contributed by atoms with Crippen molar-refractivity contribution in [2.75, 3.05) is 15.5 Å². The number of rotatable bonds is 6. The first-order valence-electron chi connectivity index (χ1n) is 18.4. The van der Waals surface area contributed by atoms with Crippen molar-refractivity contribution in [3.8, 4) is 0 Å². The summed E-state index contributed by atoms with van der Waals surface area (Å²) in [7, 11) is 0. The van der Waals surface area contributed by atoms with Gasteiger partial charge in [-0.1, -0.05) is 124 Å². The number of allylic oxidation sites excluding steroid dienone is 3. The maximum atomic E-state index is 6.16. The molecule has 2 N–H and O–H groups in total. The second kappa shape index (κ2) is 15.8. The lowest BCUT2D eigenvalue weighted by Crippen LogP contribution is -2.16. The van der Waals surface area contributed by atoms with E-state index in [0.29, 0.717) is 0 Å². The Morgan fingerprint density at radius 2 is 0.863 bits per heavy atom. The summed E-state index contributed by atoms with van der Waals surface area (Å²) in [5.74, 6) is 0. The molecule has 256 valence electrons.